The van der Waals surface area contributed by atoms with E-state index in [0.29, 0.717) is 5.28 Å². The number of hydrogen-bond acceptors (Lipinski definition) is 4. The summed E-state index contributed by atoms with van der Waals surface area (Å²) in [5.41, 5.74) is 2.21. The van der Waals surface area contributed by atoms with E-state index in [1.165, 1.54) is 0 Å². The Morgan fingerprint density at radius 2 is 2.00 bits per heavy atom. The fourth-order valence-electron chi connectivity index (χ4n) is 2.08. The van der Waals surface area contributed by atoms with E-state index in [2.05, 4.69) is 28.7 Å². The van der Waals surface area contributed by atoms with Crippen LogP contribution >= 0.6 is 11.6 Å². The third-order valence-corrected chi connectivity index (χ3v) is 3.16. The molecular formula is C12H18ClN3O. The lowest BCUT2D eigenvalue weighted by atomic mass is 10.1. The highest BCUT2D eigenvalue weighted by molar-refractivity contribution is 6.28. The van der Waals surface area contributed by atoms with E-state index in [0.717, 1.165) is 56.2 Å². The Morgan fingerprint density at radius 3 is 2.65 bits per heavy atom. The molecule has 1 aromatic heterocycles. The molecule has 1 aliphatic heterocycles. The van der Waals surface area contributed by atoms with Crippen LogP contribution in [0.2, 0.25) is 5.28 Å². The molecule has 1 fully saturated rings. The molecule has 1 saturated heterocycles. The predicted molar refractivity (Wildman–Crippen MR) is 68.8 cm³/mol. The molecule has 94 valence electrons. The number of halogens is 1. The van der Waals surface area contributed by atoms with E-state index < -0.39 is 0 Å². The second-order valence-electron chi connectivity index (χ2n) is 4.24. The van der Waals surface area contributed by atoms with Gasteiger partial charge >= 0.3 is 0 Å². The van der Waals surface area contributed by atoms with Crippen LogP contribution in [0.5, 0.6) is 0 Å². The van der Waals surface area contributed by atoms with Gasteiger partial charge in [0.2, 0.25) is 5.28 Å². The standard InChI is InChI=1S/C12H18ClN3O/c1-3-4-10-9(2)11(15-12(13)14-10)16-5-7-17-8-6-16/h3-8H2,1-2H3. The molecule has 2 heterocycles. The zero-order valence-corrected chi connectivity index (χ0v) is 11.1. The summed E-state index contributed by atoms with van der Waals surface area (Å²) >= 11 is 6.00. The molecule has 0 unspecified atom stereocenters. The molecule has 17 heavy (non-hydrogen) atoms. The molecule has 0 radical (unpaired) electrons. The normalized spacial score (nSPS) is 16.3. The van der Waals surface area contributed by atoms with Gasteiger partial charge in [-0.05, 0) is 24.9 Å². The van der Waals surface area contributed by atoms with Crippen LogP contribution in [0.1, 0.15) is 24.6 Å². The maximum Gasteiger partial charge on any atom is 0.224 e. The summed E-state index contributed by atoms with van der Waals surface area (Å²) in [6.45, 7) is 7.48. The van der Waals surface area contributed by atoms with Crippen molar-refractivity contribution in [1.29, 1.82) is 0 Å². The fraction of sp³-hybridized carbons (Fsp3) is 0.667. The highest BCUT2D eigenvalue weighted by Crippen LogP contribution is 2.23. The Morgan fingerprint density at radius 1 is 1.29 bits per heavy atom. The van der Waals surface area contributed by atoms with E-state index >= 15 is 0 Å². The topological polar surface area (TPSA) is 38.2 Å². The molecule has 0 aliphatic carbocycles. The van der Waals surface area contributed by atoms with Crippen molar-refractivity contribution in [3.63, 3.8) is 0 Å². The van der Waals surface area contributed by atoms with Gasteiger partial charge in [-0.15, -0.1) is 0 Å². The first-order valence-corrected chi connectivity index (χ1v) is 6.46. The van der Waals surface area contributed by atoms with E-state index in [-0.39, 0.29) is 0 Å². The first kappa shape index (κ1) is 12.6. The van der Waals surface area contributed by atoms with Crippen molar-refractivity contribution in [3.8, 4) is 0 Å². The van der Waals surface area contributed by atoms with Gasteiger partial charge < -0.3 is 9.64 Å². The number of rotatable bonds is 3. The zero-order valence-electron chi connectivity index (χ0n) is 10.4. The maximum absolute atomic E-state index is 6.00. The molecule has 5 heteroatoms. The summed E-state index contributed by atoms with van der Waals surface area (Å²) in [5.74, 6) is 0.969. The van der Waals surface area contributed by atoms with Gasteiger partial charge in [0.25, 0.3) is 0 Å². The monoisotopic (exact) mass is 255 g/mol. The fourth-order valence-corrected chi connectivity index (χ4v) is 2.27. The predicted octanol–water partition coefficient (Wildman–Crippen LogP) is 2.23. The number of nitrogens with zero attached hydrogens (tertiary/aromatic N) is 3. The minimum Gasteiger partial charge on any atom is -0.378 e. The number of anilines is 1. The van der Waals surface area contributed by atoms with Gasteiger partial charge in [-0.3, -0.25) is 0 Å². The van der Waals surface area contributed by atoms with Crippen molar-refractivity contribution in [3.05, 3.63) is 16.5 Å². The van der Waals surface area contributed by atoms with Crippen LogP contribution in [0.25, 0.3) is 0 Å². The van der Waals surface area contributed by atoms with Crippen molar-refractivity contribution in [2.24, 2.45) is 0 Å². The van der Waals surface area contributed by atoms with Crippen molar-refractivity contribution in [2.75, 3.05) is 31.2 Å². The maximum atomic E-state index is 6.00. The first-order valence-electron chi connectivity index (χ1n) is 6.08. The number of hydrogen-bond donors (Lipinski definition) is 0. The smallest absolute Gasteiger partial charge is 0.224 e. The van der Waals surface area contributed by atoms with Gasteiger partial charge in [-0.2, -0.15) is 0 Å². The largest absolute Gasteiger partial charge is 0.378 e. The Kier molecular flexibility index (Phi) is 4.18. The van der Waals surface area contributed by atoms with Crippen LogP contribution in [0.3, 0.4) is 0 Å². The van der Waals surface area contributed by atoms with Crippen LogP contribution in [0.4, 0.5) is 5.82 Å². The third kappa shape index (κ3) is 2.87. The lowest BCUT2D eigenvalue weighted by Crippen LogP contribution is -2.37. The lowest BCUT2D eigenvalue weighted by molar-refractivity contribution is 0.122. The number of ether oxygens (including phenoxy) is 1. The van der Waals surface area contributed by atoms with Crippen LogP contribution < -0.4 is 4.90 Å². The number of aromatic nitrogens is 2. The van der Waals surface area contributed by atoms with Crippen molar-refractivity contribution in [2.45, 2.75) is 26.7 Å². The average molecular weight is 256 g/mol. The summed E-state index contributed by atoms with van der Waals surface area (Å²) in [5, 5.41) is 0.348. The second kappa shape index (κ2) is 5.65. The van der Waals surface area contributed by atoms with Gasteiger partial charge in [-0.1, -0.05) is 13.3 Å². The molecule has 0 atom stereocenters. The molecule has 0 spiro atoms. The highest BCUT2D eigenvalue weighted by Gasteiger charge is 2.18. The van der Waals surface area contributed by atoms with Gasteiger partial charge in [0.15, 0.2) is 0 Å². The Balaban J connectivity index is 2.31. The Labute approximate surface area is 107 Å². The van der Waals surface area contributed by atoms with E-state index in [1.54, 1.807) is 0 Å². The molecule has 1 aliphatic rings. The van der Waals surface area contributed by atoms with E-state index in [9.17, 15) is 0 Å². The lowest BCUT2D eigenvalue weighted by Gasteiger charge is -2.29. The molecule has 0 bridgehead atoms. The van der Waals surface area contributed by atoms with E-state index in [1.807, 2.05) is 0 Å². The summed E-state index contributed by atoms with van der Waals surface area (Å²) < 4.78 is 5.35. The first-order chi connectivity index (χ1) is 8.22. The van der Waals surface area contributed by atoms with Crippen LogP contribution in [-0.2, 0) is 11.2 Å². The molecule has 1 aromatic rings. The summed E-state index contributed by atoms with van der Waals surface area (Å²) in [7, 11) is 0. The van der Waals surface area contributed by atoms with Gasteiger partial charge in [0, 0.05) is 18.7 Å². The summed E-state index contributed by atoms with van der Waals surface area (Å²) in [6.07, 6.45) is 2.02. The van der Waals surface area contributed by atoms with Gasteiger partial charge in [0.1, 0.15) is 5.82 Å². The van der Waals surface area contributed by atoms with Crippen LogP contribution in [-0.4, -0.2) is 36.3 Å². The Hall–Kier alpha value is -0.870. The molecular weight excluding hydrogens is 238 g/mol. The molecule has 0 amide bonds. The molecule has 0 aromatic carbocycles. The SMILES string of the molecule is CCCc1nc(Cl)nc(N2CCOCC2)c1C. The highest BCUT2D eigenvalue weighted by atomic mass is 35.5. The Bertz CT molecular complexity index is 392. The third-order valence-electron chi connectivity index (χ3n) is 2.99. The number of morpholine rings is 1. The summed E-state index contributed by atoms with van der Waals surface area (Å²) in [6, 6.07) is 0. The second-order valence-corrected chi connectivity index (χ2v) is 4.58. The van der Waals surface area contributed by atoms with Crippen LogP contribution in [0, 0.1) is 6.92 Å². The minimum atomic E-state index is 0.348. The van der Waals surface area contributed by atoms with E-state index in [4.69, 9.17) is 16.3 Å². The van der Waals surface area contributed by atoms with Crippen molar-refractivity contribution >= 4 is 17.4 Å². The molecule has 2 rings (SSSR count). The van der Waals surface area contributed by atoms with Crippen molar-refractivity contribution in [1.82, 2.24) is 9.97 Å². The van der Waals surface area contributed by atoms with Gasteiger partial charge in [0.05, 0.1) is 18.9 Å². The van der Waals surface area contributed by atoms with Crippen molar-refractivity contribution < 1.29 is 4.74 Å². The molecule has 0 saturated carbocycles. The molecule has 4 nitrogen and oxygen atoms in total. The minimum absolute atomic E-state index is 0.348. The van der Waals surface area contributed by atoms with Crippen LogP contribution in [0.15, 0.2) is 0 Å². The quantitative estimate of drug-likeness (QED) is 0.777. The number of aryl methyl sites for hydroxylation is 1. The zero-order chi connectivity index (χ0) is 12.3. The summed E-state index contributed by atoms with van der Waals surface area (Å²) in [4.78, 5) is 10.9. The molecule has 0 N–H and O–H groups in total. The van der Waals surface area contributed by atoms with Gasteiger partial charge in [-0.25, -0.2) is 9.97 Å². The average Bonchev–Trinajstić information content (AvgIpc) is 2.35.